The summed E-state index contributed by atoms with van der Waals surface area (Å²) in [5.41, 5.74) is 0. The second kappa shape index (κ2) is 8.06. The van der Waals surface area contributed by atoms with Crippen LogP contribution in [0.2, 0.25) is 0 Å². The van der Waals surface area contributed by atoms with Crippen molar-refractivity contribution >= 4 is 5.91 Å². The molecule has 5 heteroatoms. The molecule has 0 aliphatic carbocycles. The molecular formula is C13H23N3O2. The van der Waals surface area contributed by atoms with Gasteiger partial charge in [-0.05, 0) is 18.9 Å². The number of methoxy groups -OCH3 is 1. The highest BCUT2D eigenvalue weighted by molar-refractivity contribution is 5.76. The monoisotopic (exact) mass is 253 g/mol. The molecule has 18 heavy (non-hydrogen) atoms. The van der Waals surface area contributed by atoms with Crippen LogP contribution < -0.4 is 0 Å². The highest BCUT2D eigenvalue weighted by Crippen LogP contribution is 2.16. The molecule has 1 atom stereocenters. The molecule has 1 aliphatic rings. The van der Waals surface area contributed by atoms with E-state index in [1.165, 1.54) is 0 Å². The van der Waals surface area contributed by atoms with Gasteiger partial charge in [-0.1, -0.05) is 0 Å². The molecule has 0 aromatic heterocycles. The van der Waals surface area contributed by atoms with Crippen LogP contribution in [0.25, 0.3) is 0 Å². The van der Waals surface area contributed by atoms with Crippen molar-refractivity contribution in [2.75, 3.05) is 46.9 Å². The van der Waals surface area contributed by atoms with Crippen LogP contribution in [-0.4, -0.2) is 62.7 Å². The van der Waals surface area contributed by atoms with Crippen molar-refractivity contribution in [3.05, 3.63) is 0 Å². The first kappa shape index (κ1) is 14.9. The molecule has 1 saturated heterocycles. The summed E-state index contributed by atoms with van der Waals surface area (Å²) in [5.74, 6) is 0.738. The predicted molar refractivity (Wildman–Crippen MR) is 68.9 cm³/mol. The van der Waals surface area contributed by atoms with Gasteiger partial charge in [0.05, 0.1) is 19.1 Å². The summed E-state index contributed by atoms with van der Waals surface area (Å²) in [6.07, 6.45) is 2.11. The Labute approximate surface area is 109 Å². The van der Waals surface area contributed by atoms with Crippen molar-refractivity contribution < 1.29 is 9.53 Å². The third kappa shape index (κ3) is 5.03. The van der Waals surface area contributed by atoms with Crippen LogP contribution in [0.4, 0.5) is 0 Å². The van der Waals surface area contributed by atoms with E-state index in [1.54, 1.807) is 19.1 Å². The number of hydrogen-bond donors (Lipinski definition) is 0. The van der Waals surface area contributed by atoms with E-state index in [0.29, 0.717) is 25.3 Å². The van der Waals surface area contributed by atoms with Crippen LogP contribution in [0.3, 0.4) is 0 Å². The van der Waals surface area contributed by atoms with Crippen molar-refractivity contribution in [2.24, 2.45) is 5.92 Å². The first-order valence-corrected chi connectivity index (χ1v) is 6.49. The summed E-state index contributed by atoms with van der Waals surface area (Å²) in [6, 6.07) is 2.05. The Hall–Kier alpha value is -1.12. The molecule has 1 heterocycles. The molecule has 0 radical (unpaired) electrons. The van der Waals surface area contributed by atoms with Gasteiger partial charge < -0.3 is 14.5 Å². The lowest BCUT2D eigenvalue weighted by Crippen LogP contribution is -2.32. The summed E-state index contributed by atoms with van der Waals surface area (Å²) in [4.78, 5) is 15.7. The van der Waals surface area contributed by atoms with Gasteiger partial charge in [0.2, 0.25) is 5.91 Å². The lowest BCUT2D eigenvalue weighted by molar-refractivity contribution is -0.130. The zero-order valence-corrected chi connectivity index (χ0v) is 11.4. The van der Waals surface area contributed by atoms with Gasteiger partial charge in [0.25, 0.3) is 0 Å². The third-order valence-electron chi connectivity index (χ3n) is 3.40. The highest BCUT2D eigenvalue weighted by Gasteiger charge is 2.22. The van der Waals surface area contributed by atoms with Crippen LogP contribution in [-0.2, 0) is 9.53 Å². The summed E-state index contributed by atoms with van der Waals surface area (Å²) < 4.78 is 5.15. The Bertz CT molecular complexity index is 301. The number of rotatable bonds is 7. The SMILES string of the molecule is COCC1CCN(CCC(=O)N(C)CCC#N)C1. The van der Waals surface area contributed by atoms with Crippen molar-refractivity contribution in [1.29, 1.82) is 5.26 Å². The van der Waals surface area contributed by atoms with Gasteiger partial charge in [0, 0.05) is 40.2 Å². The molecule has 5 nitrogen and oxygen atoms in total. The van der Waals surface area contributed by atoms with Crippen LogP contribution >= 0.6 is 0 Å². The Kier molecular flexibility index (Phi) is 6.69. The van der Waals surface area contributed by atoms with Gasteiger partial charge >= 0.3 is 0 Å². The fraction of sp³-hybridized carbons (Fsp3) is 0.846. The van der Waals surface area contributed by atoms with E-state index in [2.05, 4.69) is 11.0 Å². The molecule has 0 spiro atoms. The van der Waals surface area contributed by atoms with Gasteiger partial charge in [0.1, 0.15) is 0 Å². The lowest BCUT2D eigenvalue weighted by Gasteiger charge is -2.19. The minimum absolute atomic E-state index is 0.125. The van der Waals surface area contributed by atoms with E-state index >= 15 is 0 Å². The maximum Gasteiger partial charge on any atom is 0.223 e. The van der Waals surface area contributed by atoms with Gasteiger partial charge in [-0.3, -0.25) is 4.79 Å². The minimum Gasteiger partial charge on any atom is -0.384 e. The fourth-order valence-electron chi connectivity index (χ4n) is 2.27. The van der Waals surface area contributed by atoms with E-state index < -0.39 is 0 Å². The molecule has 0 aromatic carbocycles. The number of carbonyl (C=O) groups excluding carboxylic acids is 1. The highest BCUT2D eigenvalue weighted by atomic mass is 16.5. The largest absolute Gasteiger partial charge is 0.384 e. The van der Waals surface area contributed by atoms with Crippen molar-refractivity contribution in [3.63, 3.8) is 0 Å². The van der Waals surface area contributed by atoms with E-state index in [-0.39, 0.29) is 5.91 Å². The number of amides is 1. The average Bonchev–Trinajstić information content (AvgIpc) is 2.81. The summed E-state index contributed by atoms with van der Waals surface area (Å²) in [5, 5.41) is 8.47. The van der Waals surface area contributed by atoms with Crippen molar-refractivity contribution in [3.8, 4) is 6.07 Å². The maximum atomic E-state index is 11.8. The molecule has 0 saturated carbocycles. The molecule has 0 aromatic rings. The van der Waals surface area contributed by atoms with Crippen LogP contribution in [0.5, 0.6) is 0 Å². The number of nitriles is 1. The zero-order valence-electron chi connectivity index (χ0n) is 11.4. The Morgan fingerprint density at radius 1 is 1.61 bits per heavy atom. The number of nitrogens with zero attached hydrogens (tertiary/aromatic N) is 3. The van der Waals surface area contributed by atoms with Gasteiger partial charge in [0.15, 0.2) is 0 Å². The Morgan fingerprint density at radius 3 is 3.06 bits per heavy atom. The molecule has 1 fully saturated rings. The predicted octanol–water partition coefficient (Wildman–Crippen LogP) is 0.717. The second-order valence-electron chi connectivity index (χ2n) is 4.88. The summed E-state index contributed by atoms with van der Waals surface area (Å²) in [6.45, 7) is 4.25. The molecule has 1 aliphatic heterocycles. The topological polar surface area (TPSA) is 56.6 Å². The lowest BCUT2D eigenvalue weighted by atomic mass is 10.1. The molecule has 1 amide bonds. The Balaban J connectivity index is 2.17. The molecule has 0 bridgehead atoms. The summed E-state index contributed by atoms with van der Waals surface area (Å²) in [7, 11) is 3.49. The van der Waals surface area contributed by atoms with E-state index in [0.717, 1.165) is 32.7 Å². The number of ether oxygens (including phenoxy) is 1. The van der Waals surface area contributed by atoms with Crippen LogP contribution in [0, 0.1) is 17.2 Å². The van der Waals surface area contributed by atoms with E-state index in [4.69, 9.17) is 10.00 Å². The van der Waals surface area contributed by atoms with Gasteiger partial charge in [-0.25, -0.2) is 0 Å². The first-order valence-electron chi connectivity index (χ1n) is 6.49. The smallest absolute Gasteiger partial charge is 0.223 e. The zero-order chi connectivity index (χ0) is 13.4. The number of likely N-dealkylation sites (tertiary alicyclic amines) is 1. The minimum atomic E-state index is 0.125. The summed E-state index contributed by atoms with van der Waals surface area (Å²) >= 11 is 0. The molecular weight excluding hydrogens is 230 g/mol. The Morgan fingerprint density at radius 2 is 2.39 bits per heavy atom. The standard InChI is InChI=1S/C13H23N3O2/c1-15(7-3-6-14)13(17)5-9-16-8-4-12(10-16)11-18-2/h12H,3-5,7-11H2,1-2H3. The van der Waals surface area contributed by atoms with Crippen LogP contribution in [0.15, 0.2) is 0 Å². The van der Waals surface area contributed by atoms with Gasteiger partial charge in [-0.15, -0.1) is 0 Å². The van der Waals surface area contributed by atoms with E-state index in [1.807, 2.05) is 0 Å². The van der Waals surface area contributed by atoms with Crippen molar-refractivity contribution in [1.82, 2.24) is 9.80 Å². The molecule has 1 unspecified atom stereocenters. The normalized spacial score (nSPS) is 19.7. The number of carbonyl (C=O) groups is 1. The maximum absolute atomic E-state index is 11.8. The number of hydrogen-bond acceptors (Lipinski definition) is 4. The van der Waals surface area contributed by atoms with Gasteiger partial charge in [-0.2, -0.15) is 5.26 Å². The molecule has 102 valence electrons. The molecule has 1 rings (SSSR count). The third-order valence-corrected chi connectivity index (χ3v) is 3.40. The fourth-order valence-corrected chi connectivity index (χ4v) is 2.27. The van der Waals surface area contributed by atoms with E-state index in [9.17, 15) is 4.79 Å². The molecule has 0 N–H and O–H groups in total. The second-order valence-corrected chi connectivity index (χ2v) is 4.88. The quantitative estimate of drug-likeness (QED) is 0.671. The van der Waals surface area contributed by atoms with Crippen LogP contribution in [0.1, 0.15) is 19.3 Å². The average molecular weight is 253 g/mol. The van der Waals surface area contributed by atoms with Crippen molar-refractivity contribution in [2.45, 2.75) is 19.3 Å². The first-order chi connectivity index (χ1) is 8.67.